The Morgan fingerprint density at radius 1 is 1.26 bits per heavy atom. The fraction of sp³-hybridized carbons (Fsp3) is 0.455. The van der Waals surface area contributed by atoms with Gasteiger partial charge in [0.2, 0.25) is 0 Å². The molecule has 0 spiro atoms. The van der Waals surface area contributed by atoms with Crippen LogP contribution in [0.3, 0.4) is 0 Å². The highest BCUT2D eigenvalue weighted by Gasteiger charge is 2.26. The van der Waals surface area contributed by atoms with E-state index < -0.39 is 0 Å². The summed E-state index contributed by atoms with van der Waals surface area (Å²) in [5.41, 5.74) is 5.86. The molecule has 0 radical (unpaired) electrons. The van der Waals surface area contributed by atoms with Gasteiger partial charge in [0.05, 0.1) is 18.5 Å². The molecule has 0 saturated carbocycles. The molecule has 4 aromatic rings. The van der Waals surface area contributed by atoms with Gasteiger partial charge in [0.25, 0.3) is 0 Å². The van der Waals surface area contributed by atoms with Crippen molar-refractivity contribution in [1.29, 1.82) is 0 Å². The van der Waals surface area contributed by atoms with Crippen molar-refractivity contribution in [2.45, 2.75) is 45.4 Å². The quantitative estimate of drug-likeness (QED) is 0.487. The number of nitrogens with one attached hydrogen (secondary N) is 2. The number of aryl methyl sites for hydroxylation is 1. The molecule has 4 aromatic heterocycles. The second-order valence-corrected chi connectivity index (χ2v) is 9.36. The van der Waals surface area contributed by atoms with E-state index in [-0.39, 0.29) is 5.92 Å². The number of H-pyrrole nitrogens is 1. The fourth-order valence-corrected chi connectivity index (χ4v) is 5.69. The van der Waals surface area contributed by atoms with Crippen LogP contribution in [0, 0.1) is 6.92 Å². The maximum Gasteiger partial charge on any atom is 0.197 e. The first-order chi connectivity index (χ1) is 15.1. The third-order valence-corrected chi connectivity index (χ3v) is 7.30. The molecule has 162 valence electrons. The average molecular weight is 438 g/mol. The first-order valence-electron chi connectivity index (χ1n) is 10.7. The molecule has 0 bridgehead atoms. The Bertz CT molecular complexity index is 1220. The van der Waals surface area contributed by atoms with E-state index in [4.69, 9.17) is 14.8 Å². The minimum absolute atomic E-state index is 0.271. The van der Waals surface area contributed by atoms with Gasteiger partial charge >= 0.3 is 0 Å². The number of fused-ring (bicyclic) bond motifs is 1. The number of piperidine rings is 1. The Kier molecular flexibility index (Phi) is 5.23. The van der Waals surface area contributed by atoms with Gasteiger partial charge in [0, 0.05) is 22.2 Å². The molecule has 0 unspecified atom stereocenters. The number of rotatable bonds is 5. The monoisotopic (exact) mass is 437 g/mol. The summed E-state index contributed by atoms with van der Waals surface area (Å²) in [6.07, 6.45) is 5.83. The molecule has 8 nitrogen and oxygen atoms in total. The number of aromatic nitrogens is 6. The third kappa shape index (κ3) is 3.51. The van der Waals surface area contributed by atoms with E-state index in [2.05, 4.69) is 41.3 Å². The van der Waals surface area contributed by atoms with Crippen LogP contribution in [0.1, 0.15) is 54.7 Å². The van der Waals surface area contributed by atoms with E-state index >= 15 is 0 Å². The maximum atomic E-state index is 5.55. The zero-order chi connectivity index (χ0) is 21.5. The van der Waals surface area contributed by atoms with E-state index in [1.807, 2.05) is 12.3 Å². The van der Waals surface area contributed by atoms with Gasteiger partial charge in [-0.2, -0.15) is 10.2 Å². The van der Waals surface area contributed by atoms with Crippen LogP contribution >= 0.6 is 11.3 Å². The standard InChI is InChI=1S/C22H27N7OS/c1-12(2)17-18(15-9-16(30-4)21-24-11-25-29(21)10-15)27-28-19(17)22-26-13(3)20(31-22)14-5-7-23-8-6-14/h9-12,14,23H,5-8H2,1-4H3,(H,27,28). The van der Waals surface area contributed by atoms with Crippen molar-refractivity contribution < 1.29 is 4.74 Å². The van der Waals surface area contributed by atoms with Gasteiger partial charge in [-0.3, -0.25) is 5.10 Å². The molecule has 5 rings (SSSR count). The van der Waals surface area contributed by atoms with E-state index in [9.17, 15) is 0 Å². The number of hydrogen-bond acceptors (Lipinski definition) is 7. The number of nitrogens with zero attached hydrogens (tertiary/aromatic N) is 5. The van der Waals surface area contributed by atoms with Crippen molar-refractivity contribution in [3.63, 3.8) is 0 Å². The second-order valence-electron chi connectivity index (χ2n) is 8.33. The van der Waals surface area contributed by atoms with E-state index in [0.29, 0.717) is 17.3 Å². The molecular formula is C22H27N7OS. The van der Waals surface area contributed by atoms with Crippen molar-refractivity contribution >= 4 is 17.0 Å². The van der Waals surface area contributed by atoms with Crippen LogP contribution in [0.25, 0.3) is 27.6 Å². The fourth-order valence-electron chi connectivity index (χ4n) is 4.45. The largest absolute Gasteiger partial charge is 0.493 e. The number of methoxy groups -OCH3 is 1. The van der Waals surface area contributed by atoms with Gasteiger partial charge in [-0.05, 0) is 50.8 Å². The highest BCUT2D eigenvalue weighted by molar-refractivity contribution is 7.15. The molecule has 1 aliphatic heterocycles. The predicted molar refractivity (Wildman–Crippen MR) is 122 cm³/mol. The Balaban J connectivity index is 1.60. The maximum absolute atomic E-state index is 5.55. The van der Waals surface area contributed by atoms with Crippen LogP contribution in [-0.4, -0.2) is 50.0 Å². The summed E-state index contributed by atoms with van der Waals surface area (Å²) in [5.74, 6) is 1.54. The summed E-state index contributed by atoms with van der Waals surface area (Å²) in [4.78, 5) is 10.6. The lowest BCUT2D eigenvalue weighted by Gasteiger charge is -2.21. The summed E-state index contributed by atoms with van der Waals surface area (Å²) in [7, 11) is 1.65. The number of pyridine rings is 1. The Morgan fingerprint density at radius 3 is 2.81 bits per heavy atom. The van der Waals surface area contributed by atoms with Crippen molar-refractivity contribution in [2.24, 2.45) is 0 Å². The van der Waals surface area contributed by atoms with Crippen LogP contribution in [0.5, 0.6) is 5.75 Å². The van der Waals surface area contributed by atoms with Gasteiger partial charge in [0.1, 0.15) is 17.0 Å². The molecule has 31 heavy (non-hydrogen) atoms. The van der Waals surface area contributed by atoms with E-state index in [1.165, 1.54) is 24.0 Å². The van der Waals surface area contributed by atoms with Crippen molar-refractivity contribution in [1.82, 2.24) is 35.1 Å². The summed E-state index contributed by atoms with van der Waals surface area (Å²) in [5, 5.41) is 16.7. The molecule has 5 heterocycles. The Hall–Kier alpha value is -2.78. The highest BCUT2D eigenvalue weighted by atomic mass is 32.1. The van der Waals surface area contributed by atoms with Crippen LogP contribution in [0.15, 0.2) is 18.6 Å². The van der Waals surface area contributed by atoms with Crippen LogP contribution in [0.4, 0.5) is 0 Å². The highest BCUT2D eigenvalue weighted by Crippen LogP contribution is 2.41. The molecule has 0 amide bonds. The molecule has 2 N–H and O–H groups in total. The number of thiazole rings is 1. The van der Waals surface area contributed by atoms with Gasteiger partial charge in [0.15, 0.2) is 11.4 Å². The minimum Gasteiger partial charge on any atom is -0.493 e. The van der Waals surface area contributed by atoms with Crippen molar-refractivity contribution in [3.05, 3.63) is 34.7 Å². The third-order valence-electron chi connectivity index (χ3n) is 5.98. The molecule has 9 heteroatoms. The SMILES string of the molecule is COc1cc(-c2[nH]nc(-c3nc(C)c(C4CCNCC4)s3)c2C(C)C)cn2ncnc12. The second kappa shape index (κ2) is 8.05. The van der Waals surface area contributed by atoms with E-state index in [1.54, 1.807) is 23.0 Å². The first-order valence-corrected chi connectivity index (χ1v) is 11.5. The molecule has 0 aliphatic carbocycles. The molecular weight excluding hydrogens is 410 g/mol. The van der Waals surface area contributed by atoms with Gasteiger partial charge in [-0.1, -0.05) is 13.8 Å². The first kappa shape index (κ1) is 20.1. The smallest absolute Gasteiger partial charge is 0.197 e. The van der Waals surface area contributed by atoms with Crippen LogP contribution in [0.2, 0.25) is 0 Å². The molecule has 1 saturated heterocycles. The minimum atomic E-state index is 0.271. The number of aromatic amines is 1. The van der Waals surface area contributed by atoms with E-state index in [0.717, 1.165) is 46.3 Å². The zero-order valence-corrected chi connectivity index (χ0v) is 19.1. The number of hydrogen-bond donors (Lipinski definition) is 2. The lowest BCUT2D eigenvalue weighted by Crippen LogP contribution is -2.26. The molecule has 0 atom stereocenters. The molecule has 1 fully saturated rings. The summed E-state index contributed by atoms with van der Waals surface area (Å²) < 4.78 is 7.29. The number of ether oxygens (including phenoxy) is 1. The Morgan fingerprint density at radius 2 is 2.06 bits per heavy atom. The normalized spacial score (nSPS) is 15.3. The van der Waals surface area contributed by atoms with Gasteiger partial charge in [-0.15, -0.1) is 11.3 Å². The average Bonchev–Trinajstić information content (AvgIpc) is 3.51. The van der Waals surface area contributed by atoms with Gasteiger partial charge < -0.3 is 10.1 Å². The van der Waals surface area contributed by atoms with Gasteiger partial charge in [-0.25, -0.2) is 14.5 Å². The Labute approximate surface area is 185 Å². The summed E-state index contributed by atoms with van der Waals surface area (Å²) in [6, 6.07) is 1.99. The van der Waals surface area contributed by atoms with Crippen LogP contribution in [-0.2, 0) is 0 Å². The van der Waals surface area contributed by atoms with Crippen LogP contribution < -0.4 is 10.1 Å². The summed E-state index contributed by atoms with van der Waals surface area (Å²) in [6.45, 7) is 8.67. The molecule has 1 aliphatic rings. The lowest BCUT2D eigenvalue weighted by molar-refractivity contribution is 0.416. The molecule has 0 aromatic carbocycles. The van der Waals surface area contributed by atoms with Crippen molar-refractivity contribution in [3.8, 4) is 27.7 Å². The summed E-state index contributed by atoms with van der Waals surface area (Å²) >= 11 is 1.80. The predicted octanol–water partition coefficient (Wildman–Crippen LogP) is 4.15. The topological polar surface area (TPSA) is 93.0 Å². The van der Waals surface area contributed by atoms with Crippen molar-refractivity contribution in [2.75, 3.05) is 20.2 Å². The zero-order valence-electron chi connectivity index (χ0n) is 18.3. The lowest BCUT2D eigenvalue weighted by atomic mass is 9.95.